The molecule has 136 valence electrons. The Labute approximate surface area is 155 Å². The Morgan fingerprint density at radius 2 is 1.73 bits per heavy atom. The highest BCUT2D eigenvalue weighted by Gasteiger charge is 2.44. The van der Waals surface area contributed by atoms with Gasteiger partial charge in [0.05, 0.1) is 5.69 Å². The van der Waals surface area contributed by atoms with Crippen LogP contribution in [0.5, 0.6) is 0 Å². The summed E-state index contributed by atoms with van der Waals surface area (Å²) in [6.45, 7) is 8.90. The summed E-state index contributed by atoms with van der Waals surface area (Å²) in [5.41, 5.74) is 7.35. The van der Waals surface area contributed by atoms with Crippen LogP contribution in [0.3, 0.4) is 0 Å². The largest absolute Gasteiger partial charge is 0.298 e. The van der Waals surface area contributed by atoms with Crippen LogP contribution in [0.4, 0.5) is 5.69 Å². The Morgan fingerprint density at radius 3 is 2.31 bits per heavy atom. The van der Waals surface area contributed by atoms with Crippen LogP contribution in [-0.2, 0) is 6.54 Å². The Hall–Kier alpha value is -2.66. The van der Waals surface area contributed by atoms with Crippen LogP contribution >= 0.6 is 0 Å². The normalized spacial score (nSPS) is 19.8. The fourth-order valence-electron chi connectivity index (χ4n) is 2.90. The number of aryl methyl sites for hydroxylation is 1. The first-order valence-electron chi connectivity index (χ1n) is 8.84. The first-order valence-corrected chi connectivity index (χ1v) is 8.84. The second-order valence-corrected chi connectivity index (χ2v) is 7.75. The molecule has 0 amide bonds. The average Bonchev–Trinajstić information content (AvgIpc) is 3.02. The number of anilines is 1. The van der Waals surface area contributed by atoms with Crippen molar-refractivity contribution in [3.63, 3.8) is 0 Å². The molecular formula is C21H26N4O. The molecule has 1 aliphatic heterocycles. The van der Waals surface area contributed by atoms with Crippen LogP contribution in [0.1, 0.15) is 31.9 Å². The first kappa shape index (κ1) is 18.1. The number of allylic oxidation sites excluding steroid dienone is 1. The third kappa shape index (κ3) is 3.63. The van der Waals surface area contributed by atoms with E-state index in [-0.39, 0.29) is 5.41 Å². The highest BCUT2D eigenvalue weighted by Crippen LogP contribution is 2.36. The SMILES string of the molecule is Cc1ccc(N2NC(C(C)(C)C)=CC2(N=O)NCc2ccccc2)cc1. The number of benzene rings is 2. The molecule has 5 heteroatoms. The van der Waals surface area contributed by atoms with E-state index in [0.717, 1.165) is 16.9 Å². The van der Waals surface area contributed by atoms with Crippen molar-refractivity contribution in [2.24, 2.45) is 10.6 Å². The van der Waals surface area contributed by atoms with Crippen molar-refractivity contribution in [1.82, 2.24) is 10.7 Å². The molecule has 1 aliphatic rings. The van der Waals surface area contributed by atoms with Crippen molar-refractivity contribution in [1.29, 1.82) is 0 Å². The molecule has 26 heavy (non-hydrogen) atoms. The summed E-state index contributed by atoms with van der Waals surface area (Å²) in [5, 5.41) is 8.65. The predicted molar refractivity (Wildman–Crippen MR) is 106 cm³/mol. The highest BCUT2D eigenvalue weighted by molar-refractivity contribution is 5.53. The van der Waals surface area contributed by atoms with Gasteiger partial charge in [-0.1, -0.05) is 68.8 Å². The molecule has 0 saturated heterocycles. The lowest BCUT2D eigenvalue weighted by Crippen LogP contribution is -2.57. The summed E-state index contributed by atoms with van der Waals surface area (Å²) in [4.78, 5) is 12.0. The van der Waals surface area contributed by atoms with Gasteiger partial charge in [-0.15, -0.1) is 4.91 Å². The van der Waals surface area contributed by atoms with E-state index in [9.17, 15) is 4.91 Å². The van der Waals surface area contributed by atoms with E-state index in [0.29, 0.717) is 6.54 Å². The summed E-state index contributed by atoms with van der Waals surface area (Å²) in [5.74, 6) is -1.19. The summed E-state index contributed by atoms with van der Waals surface area (Å²) >= 11 is 0. The Bertz CT molecular complexity index is 793. The van der Waals surface area contributed by atoms with Gasteiger partial charge in [0.25, 0.3) is 5.79 Å². The van der Waals surface area contributed by atoms with Gasteiger partial charge in [0.1, 0.15) is 0 Å². The van der Waals surface area contributed by atoms with E-state index in [1.165, 1.54) is 5.56 Å². The molecule has 0 aromatic heterocycles. The second kappa shape index (κ2) is 6.92. The lowest BCUT2D eigenvalue weighted by molar-refractivity contribution is 0.385. The second-order valence-electron chi connectivity index (χ2n) is 7.75. The topological polar surface area (TPSA) is 56.7 Å². The number of nitrogens with zero attached hydrogens (tertiary/aromatic N) is 2. The summed E-state index contributed by atoms with van der Waals surface area (Å²) in [6, 6.07) is 18.0. The average molecular weight is 350 g/mol. The predicted octanol–water partition coefficient (Wildman–Crippen LogP) is 4.46. The minimum absolute atomic E-state index is 0.135. The number of hydrazine groups is 1. The van der Waals surface area contributed by atoms with Gasteiger partial charge in [0, 0.05) is 23.7 Å². The van der Waals surface area contributed by atoms with Crippen molar-refractivity contribution in [3.05, 3.63) is 82.4 Å². The Balaban J connectivity index is 1.96. The Kier molecular flexibility index (Phi) is 4.83. The van der Waals surface area contributed by atoms with Gasteiger partial charge in [-0.25, -0.2) is 5.01 Å². The van der Waals surface area contributed by atoms with Gasteiger partial charge >= 0.3 is 0 Å². The number of hydrogen-bond acceptors (Lipinski definition) is 5. The number of nitrogens with one attached hydrogen (secondary N) is 2. The van der Waals surface area contributed by atoms with Crippen molar-refractivity contribution in [2.45, 2.75) is 40.0 Å². The molecule has 1 atom stereocenters. The van der Waals surface area contributed by atoms with Crippen molar-refractivity contribution in [3.8, 4) is 0 Å². The molecule has 3 rings (SSSR count). The first-order chi connectivity index (χ1) is 12.3. The lowest BCUT2D eigenvalue weighted by Gasteiger charge is -2.34. The summed E-state index contributed by atoms with van der Waals surface area (Å²) in [7, 11) is 0. The molecule has 1 unspecified atom stereocenters. The smallest absolute Gasteiger partial charge is 0.267 e. The minimum Gasteiger partial charge on any atom is -0.298 e. The molecule has 5 nitrogen and oxygen atoms in total. The number of hydrogen-bond donors (Lipinski definition) is 2. The van der Waals surface area contributed by atoms with Gasteiger partial charge in [-0.3, -0.25) is 10.7 Å². The molecular weight excluding hydrogens is 324 g/mol. The van der Waals surface area contributed by atoms with Gasteiger partial charge in [-0.2, -0.15) is 0 Å². The molecule has 0 fully saturated rings. The summed E-state index contributed by atoms with van der Waals surface area (Å²) < 4.78 is 0. The standard InChI is InChI=1S/C21H26N4O/c1-16-10-12-18(13-11-16)25-21(24-26,14-19(23-25)20(2,3)4)22-15-17-8-6-5-7-9-17/h5-14,22-23H,15H2,1-4H3. The van der Waals surface area contributed by atoms with Crippen molar-refractivity contribution < 1.29 is 0 Å². The zero-order valence-electron chi connectivity index (χ0n) is 15.8. The third-order valence-corrected chi connectivity index (χ3v) is 4.55. The molecule has 0 saturated carbocycles. The molecule has 2 aromatic carbocycles. The van der Waals surface area contributed by atoms with Crippen LogP contribution < -0.4 is 15.8 Å². The fraction of sp³-hybridized carbons (Fsp3) is 0.333. The minimum atomic E-state index is -1.19. The molecule has 2 aromatic rings. The molecule has 0 spiro atoms. The van der Waals surface area contributed by atoms with Gasteiger partial charge in [0.15, 0.2) is 0 Å². The molecule has 0 aliphatic carbocycles. The maximum Gasteiger partial charge on any atom is 0.267 e. The van der Waals surface area contributed by atoms with E-state index in [4.69, 9.17) is 0 Å². The number of nitroso groups, excluding NO2 is 1. The van der Waals surface area contributed by atoms with Crippen LogP contribution in [0.2, 0.25) is 0 Å². The Morgan fingerprint density at radius 1 is 1.08 bits per heavy atom. The zero-order valence-corrected chi connectivity index (χ0v) is 15.8. The quantitative estimate of drug-likeness (QED) is 0.782. The monoisotopic (exact) mass is 350 g/mol. The van der Waals surface area contributed by atoms with Gasteiger partial charge in [0.2, 0.25) is 0 Å². The molecule has 2 N–H and O–H groups in total. The fourth-order valence-corrected chi connectivity index (χ4v) is 2.90. The van der Waals surface area contributed by atoms with E-state index in [1.807, 2.05) is 72.6 Å². The van der Waals surface area contributed by atoms with E-state index in [2.05, 4.69) is 36.7 Å². The zero-order chi connectivity index (χ0) is 18.8. The van der Waals surface area contributed by atoms with Crippen molar-refractivity contribution >= 4 is 5.69 Å². The highest BCUT2D eigenvalue weighted by atomic mass is 16.3. The van der Waals surface area contributed by atoms with Crippen LogP contribution in [0, 0.1) is 17.2 Å². The van der Waals surface area contributed by atoms with Crippen LogP contribution in [-0.4, -0.2) is 5.79 Å². The van der Waals surface area contributed by atoms with E-state index >= 15 is 0 Å². The molecule has 0 radical (unpaired) electrons. The van der Waals surface area contributed by atoms with E-state index < -0.39 is 5.79 Å². The third-order valence-electron chi connectivity index (χ3n) is 4.55. The maximum atomic E-state index is 12.0. The van der Waals surface area contributed by atoms with Gasteiger partial charge < -0.3 is 0 Å². The summed E-state index contributed by atoms with van der Waals surface area (Å²) in [6.07, 6.45) is 1.89. The number of rotatable bonds is 5. The van der Waals surface area contributed by atoms with E-state index in [1.54, 1.807) is 0 Å². The lowest BCUT2D eigenvalue weighted by atomic mass is 9.92. The molecule has 0 bridgehead atoms. The van der Waals surface area contributed by atoms with Gasteiger partial charge in [-0.05, 0) is 29.8 Å². The van der Waals surface area contributed by atoms with Crippen LogP contribution in [0.25, 0.3) is 0 Å². The van der Waals surface area contributed by atoms with Crippen molar-refractivity contribution in [2.75, 3.05) is 5.01 Å². The van der Waals surface area contributed by atoms with Crippen LogP contribution in [0.15, 0.2) is 71.5 Å². The maximum absolute atomic E-state index is 12.0. The molecule has 1 heterocycles.